The molecule has 1 aromatic rings. The summed E-state index contributed by atoms with van der Waals surface area (Å²) in [5.41, 5.74) is 1.40. The summed E-state index contributed by atoms with van der Waals surface area (Å²) in [6.45, 7) is 6.80. The lowest BCUT2D eigenvalue weighted by molar-refractivity contribution is 0.501. The molecule has 0 saturated heterocycles. The predicted octanol–water partition coefficient (Wildman–Crippen LogP) is 3.39. The minimum atomic E-state index is 0.603. The first kappa shape index (κ1) is 9.20. The van der Waals surface area contributed by atoms with Crippen molar-refractivity contribution in [1.82, 2.24) is 4.98 Å². The molecule has 1 atom stereocenters. The highest BCUT2D eigenvalue weighted by Gasteiger charge is 2.20. The van der Waals surface area contributed by atoms with Crippen LogP contribution in [0.15, 0.2) is 0 Å². The van der Waals surface area contributed by atoms with E-state index in [0.717, 1.165) is 5.92 Å². The molecule has 1 aromatic heterocycles. The van der Waals surface area contributed by atoms with E-state index in [2.05, 4.69) is 20.8 Å². The average molecular weight is 195 g/mol. The van der Waals surface area contributed by atoms with Crippen molar-refractivity contribution < 1.29 is 0 Å². The topological polar surface area (TPSA) is 12.9 Å². The Kier molecular flexibility index (Phi) is 2.41. The second-order valence-electron chi connectivity index (χ2n) is 4.42. The Labute approximate surface area is 84.2 Å². The molecule has 0 amide bonds. The molecule has 1 heterocycles. The summed E-state index contributed by atoms with van der Waals surface area (Å²) >= 11 is 1.94. The van der Waals surface area contributed by atoms with Crippen LogP contribution in [0.1, 0.15) is 48.7 Å². The summed E-state index contributed by atoms with van der Waals surface area (Å²) < 4.78 is 0. The number of hydrogen-bond acceptors (Lipinski definition) is 2. The SMILES string of the molecule is CC1CCc2nc(C(C)C)sc2C1. The summed E-state index contributed by atoms with van der Waals surface area (Å²) in [6, 6.07) is 0. The maximum atomic E-state index is 4.70. The molecular formula is C11H17NS. The molecule has 1 aliphatic rings. The van der Waals surface area contributed by atoms with Crippen molar-refractivity contribution in [3.8, 4) is 0 Å². The molecule has 1 aliphatic carbocycles. The number of nitrogens with zero attached hydrogens (tertiary/aromatic N) is 1. The molecule has 0 fully saturated rings. The van der Waals surface area contributed by atoms with Crippen molar-refractivity contribution in [1.29, 1.82) is 0 Å². The van der Waals surface area contributed by atoms with Crippen LogP contribution < -0.4 is 0 Å². The van der Waals surface area contributed by atoms with Crippen LogP contribution in [0, 0.1) is 5.92 Å². The maximum absolute atomic E-state index is 4.70. The number of thiazole rings is 1. The van der Waals surface area contributed by atoms with Crippen LogP contribution >= 0.6 is 11.3 Å². The molecule has 0 bridgehead atoms. The van der Waals surface area contributed by atoms with Gasteiger partial charge in [0.05, 0.1) is 10.7 Å². The van der Waals surface area contributed by atoms with Crippen molar-refractivity contribution in [3.05, 3.63) is 15.6 Å². The molecule has 0 saturated carbocycles. The van der Waals surface area contributed by atoms with E-state index in [0.29, 0.717) is 5.92 Å². The minimum absolute atomic E-state index is 0.603. The van der Waals surface area contributed by atoms with Gasteiger partial charge in [0, 0.05) is 10.8 Å². The lowest BCUT2D eigenvalue weighted by atomic mass is 9.93. The summed E-state index contributed by atoms with van der Waals surface area (Å²) in [5.74, 6) is 1.47. The van der Waals surface area contributed by atoms with Crippen LogP contribution in [-0.4, -0.2) is 4.98 Å². The molecule has 0 aliphatic heterocycles. The van der Waals surface area contributed by atoms with Crippen LogP contribution in [0.25, 0.3) is 0 Å². The maximum Gasteiger partial charge on any atom is 0.0956 e. The van der Waals surface area contributed by atoms with Crippen LogP contribution in [-0.2, 0) is 12.8 Å². The zero-order valence-corrected chi connectivity index (χ0v) is 9.45. The Bertz CT molecular complexity index is 301. The normalized spacial score (nSPS) is 22.0. The Hall–Kier alpha value is -0.370. The number of fused-ring (bicyclic) bond motifs is 1. The van der Waals surface area contributed by atoms with E-state index < -0.39 is 0 Å². The Morgan fingerprint density at radius 2 is 2.23 bits per heavy atom. The molecule has 13 heavy (non-hydrogen) atoms. The Balaban J connectivity index is 2.28. The summed E-state index contributed by atoms with van der Waals surface area (Å²) in [7, 11) is 0. The standard InChI is InChI=1S/C11H17NS/c1-7(2)11-12-9-5-4-8(3)6-10(9)13-11/h7-8H,4-6H2,1-3H3. The van der Waals surface area contributed by atoms with Gasteiger partial charge in [-0.3, -0.25) is 0 Å². The highest BCUT2D eigenvalue weighted by Crippen LogP contribution is 2.32. The smallest absolute Gasteiger partial charge is 0.0956 e. The zero-order chi connectivity index (χ0) is 9.42. The molecule has 0 aromatic carbocycles. The molecule has 0 radical (unpaired) electrons. The van der Waals surface area contributed by atoms with Gasteiger partial charge in [0.25, 0.3) is 0 Å². The number of aryl methyl sites for hydroxylation is 1. The van der Waals surface area contributed by atoms with Crippen molar-refractivity contribution >= 4 is 11.3 Å². The average Bonchev–Trinajstić information content (AvgIpc) is 2.46. The summed E-state index contributed by atoms with van der Waals surface area (Å²) in [4.78, 5) is 6.26. The van der Waals surface area contributed by atoms with Gasteiger partial charge in [-0.25, -0.2) is 4.98 Å². The number of aromatic nitrogens is 1. The molecular weight excluding hydrogens is 178 g/mol. The number of hydrogen-bond donors (Lipinski definition) is 0. The Morgan fingerprint density at radius 1 is 1.46 bits per heavy atom. The molecule has 0 spiro atoms. The summed E-state index contributed by atoms with van der Waals surface area (Å²) in [6.07, 6.45) is 3.80. The van der Waals surface area contributed by atoms with Crippen molar-refractivity contribution in [2.45, 2.75) is 46.0 Å². The second kappa shape index (κ2) is 3.41. The van der Waals surface area contributed by atoms with Crippen LogP contribution in [0.5, 0.6) is 0 Å². The number of rotatable bonds is 1. The van der Waals surface area contributed by atoms with Crippen LogP contribution in [0.3, 0.4) is 0 Å². The van der Waals surface area contributed by atoms with Gasteiger partial charge >= 0.3 is 0 Å². The molecule has 0 N–H and O–H groups in total. The fourth-order valence-electron chi connectivity index (χ4n) is 1.81. The van der Waals surface area contributed by atoms with E-state index in [1.54, 1.807) is 4.88 Å². The lowest BCUT2D eigenvalue weighted by Crippen LogP contribution is -2.09. The molecule has 72 valence electrons. The second-order valence-corrected chi connectivity index (χ2v) is 5.54. The predicted molar refractivity (Wildman–Crippen MR) is 57.4 cm³/mol. The van der Waals surface area contributed by atoms with Gasteiger partial charge in [-0.05, 0) is 25.2 Å². The third-order valence-electron chi connectivity index (χ3n) is 2.70. The Morgan fingerprint density at radius 3 is 2.92 bits per heavy atom. The van der Waals surface area contributed by atoms with Gasteiger partial charge in [0.2, 0.25) is 0 Å². The first-order valence-electron chi connectivity index (χ1n) is 5.15. The first-order valence-corrected chi connectivity index (χ1v) is 5.97. The molecule has 2 rings (SSSR count). The van der Waals surface area contributed by atoms with E-state index in [4.69, 9.17) is 4.98 Å². The van der Waals surface area contributed by atoms with E-state index in [-0.39, 0.29) is 0 Å². The van der Waals surface area contributed by atoms with E-state index in [1.807, 2.05) is 11.3 Å². The molecule has 1 unspecified atom stereocenters. The van der Waals surface area contributed by atoms with Crippen molar-refractivity contribution in [2.24, 2.45) is 5.92 Å². The van der Waals surface area contributed by atoms with Gasteiger partial charge in [-0.15, -0.1) is 11.3 Å². The van der Waals surface area contributed by atoms with Gasteiger partial charge < -0.3 is 0 Å². The first-order chi connectivity index (χ1) is 6.16. The van der Waals surface area contributed by atoms with E-state index in [9.17, 15) is 0 Å². The fourth-order valence-corrected chi connectivity index (χ4v) is 3.08. The van der Waals surface area contributed by atoms with Crippen molar-refractivity contribution in [3.63, 3.8) is 0 Å². The third kappa shape index (κ3) is 1.78. The van der Waals surface area contributed by atoms with Crippen molar-refractivity contribution in [2.75, 3.05) is 0 Å². The monoisotopic (exact) mass is 195 g/mol. The van der Waals surface area contributed by atoms with E-state index in [1.165, 1.54) is 30.0 Å². The molecule has 1 nitrogen and oxygen atoms in total. The van der Waals surface area contributed by atoms with Gasteiger partial charge in [0.1, 0.15) is 0 Å². The fraction of sp³-hybridized carbons (Fsp3) is 0.727. The van der Waals surface area contributed by atoms with Gasteiger partial charge in [-0.1, -0.05) is 20.8 Å². The zero-order valence-electron chi connectivity index (χ0n) is 8.63. The largest absolute Gasteiger partial charge is 0.246 e. The third-order valence-corrected chi connectivity index (χ3v) is 4.12. The highest BCUT2D eigenvalue weighted by atomic mass is 32.1. The molecule has 2 heteroatoms. The lowest BCUT2D eigenvalue weighted by Gasteiger charge is -2.15. The van der Waals surface area contributed by atoms with Crippen LogP contribution in [0.4, 0.5) is 0 Å². The summed E-state index contributed by atoms with van der Waals surface area (Å²) in [5, 5.41) is 1.33. The highest BCUT2D eigenvalue weighted by molar-refractivity contribution is 7.11. The quantitative estimate of drug-likeness (QED) is 0.669. The van der Waals surface area contributed by atoms with Crippen LogP contribution in [0.2, 0.25) is 0 Å². The minimum Gasteiger partial charge on any atom is -0.246 e. The van der Waals surface area contributed by atoms with Gasteiger partial charge in [-0.2, -0.15) is 0 Å². The van der Waals surface area contributed by atoms with Gasteiger partial charge in [0.15, 0.2) is 0 Å². The van der Waals surface area contributed by atoms with E-state index >= 15 is 0 Å².